The Hall–Kier alpha value is -4.20. The molecule has 0 aliphatic carbocycles. The highest BCUT2D eigenvalue weighted by molar-refractivity contribution is 5.99. The minimum atomic E-state index is -0.277. The molecule has 8 heteroatoms. The molecular weight excluding hydrogens is 471 g/mol. The summed E-state index contributed by atoms with van der Waals surface area (Å²) in [6, 6.07) is 14.5. The van der Waals surface area contributed by atoms with Gasteiger partial charge < -0.3 is 14.4 Å². The highest BCUT2D eigenvalue weighted by Crippen LogP contribution is 2.35. The van der Waals surface area contributed by atoms with E-state index in [9.17, 15) is 9.18 Å². The fourth-order valence-corrected chi connectivity index (χ4v) is 4.95. The Labute approximate surface area is 215 Å². The number of hydrogen-bond donors (Lipinski definition) is 0. The van der Waals surface area contributed by atoms with E-state index in [1.54, 1.807) is 25.0 Å². The number of methoxy groups -OCH3 is 2. The van der Waals surface area contributed by atoms with Crippen molar-refractivity contribution < 1.29 is 18.7 Å². The van der Waals surface area contributed by atoms with Gasteiger partial charge in [0.2, 0.25) is 0 Å². The van der Waals surface area contributed by atoms with Crippen molar-refractivity contribution in [2.24, 2.45) is 0 Å². The second-order valence-corrected chi connectivity index (χ2v) is 9.29. The first kappa shape index (κ1) is 24.5. The number of hydrogen-bond acceptors (Lipinski definition) is 5. The SMILES string of the molecule is COc1cc(CN2CCc3c(cc(Cn4ncnc4C)cc3-c3ccc(F)cc3C)C2=O)cc(OC)c1. The van der Waals surface area contributed by atoms with Crippen molar-refractivity contribution in [3.8, 4) is 22.6 Å². The van der Waals surface area contributed by atoms with Crippen LogP contribution in [0.25, 0.3) is 11.1 Å². The van der Waals surface area contributed by atoms with Crippen molar-refractivity contribution in [3.05, 3.63) is 94.3 Å². The summed E-state index contributed by atoms with van der Waals surface area (Å²) in [7, 11) is 3.22. The second kappa shape index (κ2) is 10.0. The van der Waals surface area contributed by atoms with Gasteiger partial charge in [0, 0.05) is 24.7 Å². The average molecular weight is 501 g/mol. The number of carbonyl (C=O) groups excluding carboxylic acids is 1. The lowest BCUT2D eigenvalue weighted by Gasteiger charge is -2.31. The van der Waals surface area contributed by atoms with Crippen LogP contribution in [0.15, 0.2) is 54.9 Å². The topological polar surface area (TPSA) is 69.5 Å². The van der Waals surface area contributed by atoms with E-state index in [-0.39, 0.29) is 11.7 Å². The van der Waals surface area contributed by atoms with E-state index < -0.39 is 0 Å². The minimum Gasteiger partial charge on any atom is -0.497 e. The summed E-state index contributed by atoms with van der Waals surface area (Å²) in [5.74, 6) is 1.83. The number of aromatic nitrogens is 3. The molecule has 0 spiro atoms. The number of fused-ring (bicyclic) bond motifs is 1. The predicted molar refractivity (Wildman–Crippen MR) is 138 cm³/mol. The zero-order chi connectivity index (χ0) is 26.1. The summed E-state index contributed by atoms with van der Waals surface area (Å²) in [6.45, 7) is 5.27. The molecular formula is C29H29FN4O3. The maximum atomic E-state index is 13.9. The minimum absolute atomic E-state index is 0.0405. The Morgan fingerprint density at radius 1 is 0.892 bits per heavy atom. The van der Waals surface area contributed by atoms with Crippen LogP contribution in [-0.2, 0) is 19.5 Å². The van der Waals surface area contributed by atoms with E-state index in [0.29, 0.717) is 43.1 Å². The van der Waals surface area contributed by atoms with E-state index in [1.807, 2.05) is 43.0 Å². The van der Waals surface area contributed by atoms with Crippen molar-refractivity contribution >= 4 is 5.91 Å². The number of halogens is 1. The van der Waals surface area contributed by atoms with Gasteiger partial charge in [0.1, 0.15) is 29.5 Å². The van der Waals surface area contributed by atoms with E-state index >= 15 is 0 Å². The van der Waals surface area contributed by atoms with Gasteiger partial charge in [-0.15, -0.1) is 0 Å². The third-order valence-electron chi connectivity index (χ3n) is 6.86. The molecule has 0 saturated heterocycles. The molecule has 0 atom stereocenters. The van der Waals surface area contributed by atoms with Crippen LogP contribution >= 0.6 is 0 Å². The summed E-state index contributed by atoms with van der Waals surface area (Å²) < 4.78 is 26.5. The Morgan fingerprint density at radius 3 is 2.24 bits per heavy atom. The molecule has 5 rings (SSSR count). The van der Waals surface area contributed by atoms with E-state index in [0.717, 1.165) is 39.2 Å². The summed E-state index contributed by atoms with van der Waals surface area (Å²) in [5, 5.41) is 4.31. The molecule has 1 aliphatic rings. The van der Waals surface area contributed by atoms with E-state index in [1.165, 1.54) is 18.5 Å². The molecule has 0 fully saturated rings. The van der Waals surface area contributed by atoms with Crippen LogP contribution in [-0.4, -0.2) is 46.3 Å². The Kier molecular flexibility index (Phi) is 6.65. The van der Waals surface area contributed by atoms with E-state index in [4.69, 9.17) is 9.47 Å². The number of ether oxygens (including phenoxy) is 2. The summed E-state index contributed by atoms with van der Waals surface area (Å²) in [4.78, 5) is 19.9. The zero-order valence-corrected chi connectivity index (χ0v) is 21.4. The molecule has 0 N–H and O–H groups in total. The maximum absolute atomic E-state index is 13.9. The average Bonchev–Trinajstić information content (AvgIpc) is 3.29. The van der Waals surface area contributed by atoms with Crippen molar-refractivity contribution in [2.75, 3.05) is 20.8 Å². The maximum Gasteiger partial charge on any atom is 0.254 e. The fraction of sp³-hybridized carbons (Fsp3) is 0.276. The second-order valence-electron chi connectivity index (χ2n) is 9.29. The molecule has 0 unspecified atom stereocenters. The van der Waals surface area contributed by atoms with Crippen LogP contribution in [0.2, 0.25) is 0 Å². The third kappa shape index (κ3) is 4.91. The number of aryl methyl sites for hydroxylation is 2. The first-order valence-corrected chi connectivity index (χ1v) is 12.1. The van der Waals surface area contributed by atoms with Gasteiger partial charge >= 0.3 is 0 Å². The Balaban J connectivity index is 1.56. The number of amides is 1. The molecule has 0 radical (unpaired) electrons. The van der Waals surface area contributed by atoms with Gasteiger partial charge in [-0.05, 0) is 90.0 Å². The summed E-state index contributed by atoms with van der Waals surface area (Å²) in [6.07, 6.45) is 2.21. The normalized spacial score (nSPS) is 13.0. The molecule has 7 nitrogen and oxygen atoms in total. The molecule has 1 aromatic heterocycles. The van der Waals surface area contributed by atoms with Crippen LogP contribution in [0.5, 0.6) is 11.5 Å². The van der Waals surface area contributed by atoms with Gasteiger partial charge in [-0.25, -0.2) is 14.1 Å². The lowest BCUT2D eigenvalue weighted by Crippen LogP contribution is -2.37. The number of benzene rings is 3. The van der Waals surface area contributed by atoms with Gasteiger partial charge in [0.05, 0.1) is 20.8 Å². The van der Waals surface area contributed by atoms with Crippen molar-refractivity contribution in [3.63, 3.8) is 0 Å². The first-order valence-electron chi connectivity index (χ1n) is 12.1. The molecule has 4 aromatic rings. The molecule has 1 aliphatic heterocycles. The molecule has 37 heavy (non-hydrogen) atoms. The van der Waals surface area contributed by atoms with Crippen LogP contribution in [0.4, 0.5) is 4.39 Å². The quantitative estimate of drug-likeness (QED) is 0.359. The smallest absolute Gasteiger partial charge is 0.254 e. The standard InChI is InChI=1S/C29H29FN4O3/c1-18-9-22(30)5-6-25(18)27-12-21(16-34-19(2)31-17-32-34)13-28-26(27)7-8-33(29(28)35)15-20-10-23(36-3)14-24(11-20)37-4/h5-6,9-14,17H,7-8,15-16H2,1-4H3. The highest BCUT2D eigenvalue weighted by atomic mass is 19.1. The zero-order valence-electron chi connectivity index (χ0n) is 21.4. The van der Waals surface area contributed by atoms with Crippen LogP contribution in [0.1, 0.15) is 38.4 Å². The van der Waals surface area contributed by atoms with Gasteiger partial charge in [0.25, 0.3) is 5.91 Å². The molecule has 0 bridgehead atoms. The Morgan fingerprint density at radius 2 is 1.59 bits per heavy atom. The van der Waals surface area contributed by atoms with Gasteiger partial charge in [-0.3, -0.25) is 4.79 Å². The molecule has 190 valence electrons. The predicted octanol–water partition coefficient (Wildman–Crippen LogP) is 4.97. The van der Waals surface area contributed by atoms with Crippen molar-refractivity contribution in [2.45, 2.75) is 33.4 Å². The molecule has 0 saturated carbocycles. The summed E-state index contributed by atoms with van der Waals surface area (Å²) in [5.41, 5.74) is 6.22. The van der Waals surface area contributed by atoms with Gasteiger partial charge in [-0.2, -0.15) is 5.10 Å². The van der Waals surface area contributed by atoms with E-state index in [2.05, 4.69) is 16.1 Å². The monoisotopic (exact) mass is 500 g/mol. The molecule has 2 heterocycles. The molecule has 3 aromatic carbocycles. The highest BCUT2D eigenvalue weighted by Gasteiger charge is 2.28. The first-order chi connectivity index (χ1) is 17.9. The van der Waals surface area contributed by atoms with Crippen LogP contribution in [0.3, 0.4) is 0 Å². The van der Waals surface area contributed by atoms with Crippen LogP contribution < -0.4 is 9.47 Å². The van der Waals surface area contributed by atoms with Crippen molar-refractivity contribution in [1.82, 2.24) is 19.7 Å². The van der Waals surface area contributed by atoms with Gasteiger partial charge in [-0.1, -0.05) is 6.07 Å². The summed E-state index contributed by atoms with van der Waals surface area (Å²) >= 11 is 0. The largest absolute Gasteiger partial charge is 0.497 e. The van der Waals surface area contributed by atoms with Gasteiger partial charge in [0.15, 0.2) is 0 Å². The van der Waals surface area contributed by atoms with Crippen LogP contribution in [0, 0.1) is 19.7 Å². The number of rotatable bonds is 7. The Bertz CT molecular complexity index is 1460. The fourth-order valence-electron chi connectivity index (χ4n) is 4.95. The third-order valence-corrected chi connectivity index (χ3v) is 6.86. The number of carbonyl (C=O) groups is 1. The van der Waals surface area contributed by atoms with Crippen molar-refractivity contribution in [1.29, 1.82) is 0 Å². The number of nitrogens with zero attached hydrogens (tertiary/aromatic N) is 4. The lowest BCUT2D eigenvalue weighted by molar-refractivity contribution is 0.0726. The lowest BCUT2D eigenvalue weighted by atomic mass is 9.86. The molecule has 1 amide bonds.